The lowest BCUT2D eigenvalue weighted by atomic mass is 10.2. The van der Waals surface area contributed by atoms with Crippen LogP contribution in [0.1, 0.15) is 29.9 Å². The van der Waals surface area contributed by atoms with Gasteiger partial charge in [-0.25, -0.2) is 4.98 Å². The molecule has 1 fully saturated rings. The van der Waals surface area contributed by atoms with Crippen LogP contribution in [0.4, 0.5) is 0 Å². The Morgan fingerprint density at radius 3 is 3.00 bits per heavy atom. The van der Waals surface area contributed by atoms with E-state index in [4.69, 9.17) is 9.47 Å². The number of nitrogens with zero attached hydrogens (tertiary/aromatic N) is 3. The first-order valence-electron chi connectivity index (χ1n) is 7.58. The number of fused-ring (bicyclic) bond motifs is 1. The summed E-state index contributed by atoms with van der Waals surface area (Å²) in [6.45, 7) is 3.74. The fourth-order valence-electron chi connectivity index (χ4n) is 2.85. The Kier molecular flexibility index (Phi) is 4.26. The Hall–Kier alpha value is -1.73. The molecule has 120 valence electrons. The molecule has 1 amide bonds. The van der Waals surface area contributed by atoms with Crippen LogP contribution in [-0.4, -0.2) is 46.3 Å². The molecule has 2 aliphatic rings. The largest absolute Gasteiger partial charge is 0.376 e. The van der Waals surface area contributed by atoms with Crippen molar-refractivity contribution in [2.45, 2.75) is 39.0 Å². The summed E-state index contributed by atoms with van der Waals surface area (Å²) < 4.78 is 12.4. The standard InChI is InChI=1S/C15H21N3O4/c1-10-16-13-7-18(6-12(13)15(20)17(10)2)14(19)9-21-8-11-4-3-5-22-11/h11H,3-9H2,1-2H3. The van der Waals surface area contributed by atoms with E-state index in [0.717, 1.165) is 19.4 Å². The number of hydrogen-bond acceptors (Lipinski definition) is 5. The number of amides is 1. The Labute approximate surface area is 128 Å². The zero-order chi connectivity index (χ0) is 15.7. The number of carbonyl (C=O) groups is 1. The van der Waals surface area contributed by atoms with E-state index in [0.29, 0.717) is 36.8 Å². The predicted molar refractivity (Wildman–Crippen MR) is 78.3 cm³/mol. The van der Waals surface area contributed by atoms with Gasteiger partial charge in [-0.1, -0.05) is 0 Å². The molecule has 3 heterocycles. The van der Waals surface area contributed by atoms with Gasteiger partial charge in [-0.05, 0) is 19.8 Å². The monoisotopic (exact) mass is 307 g/mol. The molecule has 0 aromatic carbocycles. The van der Waals surface area contributed by atoms with Crippen LogP contribution in [-0.2, 0) is 34.4 Å². The van der Waals surface area contributed by atoms with Gasteiger partial charge >= 0.3 is 0 Å². The molecule has 0 N–H and O–H groups in total. The summed E-state index contributed by atoms with van der Waals surface area (Å²) in [5.41, 5.74) is 1.24. The normalized spacial score (nSPS) is 20.5. The van der Waals surface area contributed by atoms with E-state index in [9.17, 15) is 9.59 Å². The summed E-state index contributed by atoms with van der Waals surface area (Å²) >= 11 is 0. The molecule has 0 saturated carbocycles. The molecule has 1 aromatic heterocycles. The topological polar surface area (TPSA) is 73.7 Å². The number of aromatic nitrogens is 2. The van der Waals surface area contributed by atoms with E-state index < -0.39 is 0 Å². The van der Waals surface area contributed by atoms with Crippen molar-refractivity contribution in [3.05, 3.63) is 27.4 Å². The lowest BCUT2D eigenvalue weighted by Gasteiger charge is -2.16. The summed E-state index contributed by atoms with van der Waals surface area (Å²) in [7, 11) is 1.69. The number of ether oxygens (including phenoxy) is 2. The van der Waals surface area contributed by atoms with Gasteiger partial charge in [0.2, 0.25) is 5.91 Å². The van der Waals surface area contributed by atoms with E-state index >= 15 is 0 Å². The minimum absolute atomic E-state index is 0.0210. The van der Waals surface area contributed by atoms with Crippen LogP contribution in [0.5, 0.6) is 0 Å². The van der Waals surface area contributed by atoms with Crippen LogP contribution in [0.3, 0.4) is 0 Å². The maximum Gasteiger partial charge on any atom is 0.258 e. The first-order valence-corrected chi connectivity index (χ1v) is 7.58. The summed E-state index contributed by atoms with van der Waals surface area (Å²) in [6.07, 6.45) is 2.15. The molecular weight excluding hydrogens is 286 g/mol. The second kappa shape index (κ2) is 6.18. The Bertz CT molecular complexity index is 634. The summed E-state index contributed by atoms with van der Waals surface area (Å²) in [5, 5.41) is 0. The van der Waals surface area contributed by atoms with Crippen LogP contribution in [0.15, 0.2) is 4.79 Å². The average molecular weight is 307 g/mol. The fraction of sp³-hybridized carbons (Fsp3) is 0.667. The van der Waals surface area contributed by atoms with Gasteiger partial charge in [0.1, 0.15) is 12.4 Å². The molecule has 1 saturated heterocycles. The molecule has 0 spiro atoms. The second-order valence-corrected chi connectivity index (χ2v) is 5.85. The molecule has 1 unspecified atom stereocenters. The third kappa shape index (κ3) is 2.91. The van der Waals surface area contributed by atoms with Gasteiger partial charge in [-0.3, -0.25) is 14.2 Å². The van der Waals surface area contributed by atoms with Crippen LogP contribution < -0.4 is 5.56 Å². The van der Waals surface area contributed by atoms with E-state index in [1.54, 1.807) is 18.9 Å². The van der Waals surface area contributed by atoms with Gasteiger partial charge in [0.05, 0.1) is 37.1 Å². The highest BCUT2D eigenvalue weighted by Crippen LogP contribution is 2.18. The first-order chi connectivity index (χ1) is 10.6. The third-order valence-electron chi connectivity index (χ3n) is 4.29. The van der Waals surface area contributed by atoms with Gasteiger partial charge in [-0.2, -0.15) is 0 Å². The molecule has 0 aliphatic carbocycles. The predicted octanol–water partition coefficient (Wildman–Crippen LogP) is 0.127. The Balaban J connectivity index is 1.57. The lowest BCUT2D eigenvalue weighted by Crippen LogP contribution is -2.31. The van der Waals surface area contributed by atoms with E-state index in [2.05, 4.69) is 4.98 Å². The molecular formula is C15H21N3O4. The molecule has 3 rings (SSSR count). The minimum atomic E-state index is -0.115. The lowest BCUT2D eigenvalue weighted by molar-refractivity contribution is -0.137. The van der Waals surface area contributed by atoms with Crippen molar-refractivity contribution in [1.29, 1.82) is 0 Å². The van der Waals surface area contributed by atoms with Crippen LogP contribution >= 0.6 is 0 Å². The van der Waals surface area contributed by atoms with Crippen molar-refractivity contribution in [2.75, 3.05) is 19.8 Å². The van der Waals surface area contributed by atoms with Crippen molar-refractivity contribution in [2.24, 2.45) is 7.05 Å². The van der Waals surface area contributed by atoms with Crippen LogP contribution in [0.2, 0.25) is 0 Å². The molecule has 7 heteroatoms. The average Bonchev–Trinajstić information content (AvgIpc) is 3.14. The van der Waals surface area contributed by atoms with Gasteiger partial charge in [0.15, 0.2) is 0 Å². The van der Waals surface area contributed by atoms with Gasteiger partial charge in [0.25, 0.3) is 5.56 Å². The zero-order valence-corrected chi connectivity index (χ0v) is 13.0. The van der Waals surface area contributed by atoms with E-state index in [-0.39, 0.29) is 24.2 Å². The number of rotatable bonds is 4. The van der Waals surface area contributed by atoms with Crippen molar-refractivity contribution < 1.29 is 14.3 Å². The summed E-state index contributed by atoms with van der Waals surface area (Å²) in [6, 6.07) is 0. The van der Waals surface area contributed by atoms with E-state index in [1.807, 2.05) is 0 Å². The van der Waals surface area contributed by atoms with Crippen molar-refractivity contribution in [3.63, 3.8) is 0 Å². The van der Waals surface area contributed by atoms with Crippen molar-refractivity contribution in [1.82, 2.24) is 14.5 Å². The van der Waals surface area contributed by atoms with Gasteiger partial charge < -0.3 is 14.4 Å². The highest BCUT2D eigenvalue weighted by atomic mass is 16.5. The van der Waals surface area contributed by atoms with Crippen LogP contribution in [0.25, 0.3) is 0 Å². The molecule has 1 atom stereocenters. The fourth-order valence-corrected chi connectivity index (χ4v) is 2.85. The SMILES string of the molecule is Cc1nc2c(c(=O)n1C)CN(C(=O)COCC1CCCO1)C2. The molecule has 0 bridgehead atoms. The third-order valence-corrected chi connectivity index (χ3v) is 4.29. The number of hydrogen-bond donors (Lipinski definition) is 0. The van der Waals surface area contributed by atoms with Crippen LogP contribution in [0, 0.1) is 6.92 Å². The summed E-state index contributed by atoms with van der Waals surface area (Å²) in [5.74, 6) is 0.545. The molecule has 2 aliphatic heterocycles. The quantitative estimate of drug-likeness (QED) is 0.790. The van der Waals surface area contributed by atoms with Crippen molar-refractivity contribution >= 4 is 5.91 Å². The maximum absolute atomic E-state index is 12.2. The highest BCUT2D eigenvalue weighted by molar-refractivity contribution is 5.78. The van der Waals surface area contributed by atoms with Gasteiger partial charge in [0, 0.05) is 13.7 Å². The molecule has 22 heavy (non-hydrogen) atoms. The van der Waals surface area contributed by atoms with E-state index in [1.165, 1.54) is 4.57 Å². The second-order valence-electron chi connectivity index (χ2n) is 5.85. The van der Waals surface area contributed by atoms with Gasteiger partial charge in [-0.15, -0.1) is 0 Å². The molecule has 7 nitrogen and oxygen atoms in total. The first kappa shape index (κ1) is 15.2. The number of aryl methyl sites for hydroxylation is 1. The number of carbonyl (C=O) groups excluding carboxylic acids is 1. The Morgan fingerprint density at radius 2 is 2.27 bits per heavy atom. The molecule has 1 aromatic rings. The zero-order valence-electron chi connectivity index (χ0n) is 13.0. The minimum Gasteiger partial charge on any atom is -0.376 e. The maximum atomic E-state index is 12.2. The highest BCUT2D eigenvalue weighted by Gasteiger charge is 2.28. The molecule has 0 radical (unpaired) electrons. The smallest absolute Gasteiger partial charge is 0.258 e. The Morgan fingerprint density at radius 1 is 1.45 bits per heavy atom. The van der Waals surface area contributed by atoms with Crippen molar-refractivity contribution in [3.8, 4) is 0 Å². The summed E-state index contributed by atoms with van der Waals surface area (Å²) in [4.78, 5) is 30.4.